The van der Waals surface area contributed by atoms with Crippen LogP contribution in [-0.2, 0) is 16.1 Å². The predicted octanol–water partition coefficient (Wildman–Crippen LogP) is 3.41. The molecule has 90 valence electrons. The average Bonchev–Trinajstić information content (AvgIpc) is 2.28. The molecular formula is C14H22O2. The molecule has 0 radical (unpaired) electrons. The minimum absolute atomic E-state index is 0.120. The Morgan fingerprint density at radius 3 is 2.44 bits per heavy atom. The van der Waals surface area contributed by atoms with Crippen LogP contribution in [0.5, 0.6) is 0 Å². The molecule has 0 aliphatic heterocycles. The van der Waals surface area contributed by atoms with Gasteiger partial charge < -0.3 is 9.47 Å². The molecule has 0 aliphatic rings. The van der Waals surface area contributed by atoms with Crippen molar-refractivity contribution in [1.82, 2.24) is 0 Å². The summed E-state index contributed by atoms with van der Waals surface area (Å²) in [7, 11) is 0. The van der Waals surface area contributed by atoms with Crippen LogP contribution in [0.25, 0.3) is 0 Å². The van der Waals surface area contributed by atoms with Crippen LogP contribution in [0.15, 0.2) is 30.3 Å². The van der Waals surface area contributed by atoms with Crippen molar-refractivity contribution < 1.29 is 9.47 Å². The molecule has 0 aromatic heterocycles. The Morgan fingerprint density at radius 2 is 1.81 bits per heavy atom. The van der Waals surface area contributed by atoms with Gasteiger partial charge in [0, 0.05) is 13.2 Å². The Morgan fingerprint density at radius 1 is 1.12 bits per heavy atom. The van der Waals surface area contributed by atoms with Gasteiger partial charge in [0.15, 0.2) is 0 Å². The molecule has 16 heavy (non-hydrogen) atoms. The molecule has 2 nitrogen and oxygen atoms in total. The zero-order valence-electron chi connectivity index (χ0n) is 10.5. The number of rotatable bonds is 7. The summed E-state index contributed by atoms with van der Waals surface area (Å²) in [6.07, 6.45) is 0.924. The van der Waals surface area contributed by atoms with E-state index in [1.165, 1.54) is 5.56 Å². The number of ether oxygens (including phenoxy) is 2. The van der Waals surface area contributed by atoms with Gasteiger partial charge in [0.2, 0.25) is 0 Å². The third kappa shape index (κ3) is 5.29. The van der Waals surface area contributed by atoms with Crippen molar-refractivity contribution in [3.8, 4) is 0 Å². The van der Waals surface area contributed by atoms with Crippen LogP contribution in [0.4, 0.5) is 0 Å². The topological polar surface area (TPSA) is 18.5 Å². The Hall–Kier alpha value is -0.860. The van der Waals surface area contributed by atoms with Crippen molar-refractivity contribution >= 4 is 0 Å². The number of hydrogen-bond acceptors (Lipinski definition) is 2. The van der Waals surface area contributed by atoms with Gasteiger partial charge in [-0.2, -0.15) is 0 Å². The van der Waals surface area contributed by atoms with Crippen LogP contribution < -0.4 is 0 Å². The molecule has 0 N–H and O–H groups in total. The zero-order valence-corrected chi connectivity index (χ0v) is 10.5. The lowest BCUT2D eigenvalue weighted by atomic mass is 10.1. The van der Waals surface area contributed by atoms with Crippen molar-refractivity contribution in [3.05, 3.63) is 35.9 Å². The fourth-order valence-electron chi connectivity index (χ4n) is 1.39. The fourth-order valence-corrected chi connectivity index (χ4v) is 1.39. The first kappa shape index (κ1) is 13.2. The van der Waals surface area contributed by atoms with Gasteiger partial charge in [-0.25, -0.2) is 0 Å². The maximum absolute atomic E-state index is 5.88. The largest absolute Gasteiger partial charge is 0.382 e. The molecule has 0 saturated heterocycles. The van der Waals surface area contributed by atoms with E-state index in [1.54, 1.807) is 0 Å². The molecule has 2 heteroatoms. The first-order valence-corrected chi connectivity index (χ1v) is 5.90. The SMILES string of the molecule is CCOCCC(C)(C)OCc1ccccc1. The highest BCUT2D eigenvalue weighted by Gasteiger charge is 2.17. The zero-order chi connectivity index (χ0) is 11.9. The highest BCUT2D eigenvalue weighted by atomic mass is 16.5. The maximum Gasteiger partial charge on any atom is 0.0724 e. The van der Waals surface area contributed by atoms with E-state index in [4.69, 9.17) is 9.47 Å². The Labute approximate surface area is 98.6 Å². The summed E-state index contributed by atoms with van der Waals surface area (Å²) in [4.78, 5) is 0. The second-order valence-electron chi connectivity index (χ2n) is 4.48. The molecule has 0 amide bonds. The van der Waals surface area contributed by atoms with Crippen LogP contribution in [0.1, 0.15) is 32.8 Å². The van der Waals surface area contributed by atoms with Gasteiger partial charge >= 0.3 is 0 Å². The third-order valence-corrected chi connectivity index (χ3v) is 2.52. The summed E-state index contributed by atoms with van der Waals surface area (Å²) in [6.45, 7) is 8.43. The van der Waals surface area contributed by atoms with E-state index >= 15 is 0 Å². The van der Waals surface area contributed by atoms with Gasteiger partial charge in [-0.15, -0.1) is 0 Å². The van der Waals surface area contributed by atoms with Crippen molar-refractivity contribution in [3.63, 3.8) is 0 Å². The highest BCUT2D eigenvalue weighted by Crippen LogP contribution is 2.17. The predicted molar refractivity (Wildman–Crippen MR) is 66.4 cm³/mol. The van der Waals surface area contributed by atoms with E-state index in [0.29, 0.717) is 6.61 Å². The summed E-state index contributed by atoms with van der Waals surface area (Å²) in [6, 6.07) is 10.2. The van der Waals surface area contributed by atoms with Crippen LogP contribution in [-0.4, -0.2) is 18.8 Å². The van der Waals surface area contributed by atoms with E-state index in [0.717, 1.165) is 19.6 Å². The standard InChI is InChI=1S/C14H22O2/c1-4-15-11-10-14(2,3)16-12-13-8-6-5-7-9-13/h5-9H,4,10-12H2,1-3H3. The quantitative estimate of drug-likeness (QED) is 0.658. The third-order valence-electron chi connectivity index (χ3n) is 2.52. The smallest absolute Gasteiger partial charge is 0.0724 e. The molecule has 1 rings (SSSR count). The summed E-state index contributed by atoms with van der Waals surface area (Å²) >= 11 is 0. The van der Waals surface area contributed by atoms with Gasteiger partial charge in [-0.1, -0.05) is 30.3 Å². The lowest BCUT2D eigenvalue weighted by Gasteiger charge is -2.25. The van der Waals surface area contributed by atoms with Crippen LogP contribution in [0.3, 0.4) is 0 Å². The minimum atomic E-state index is -0.120. The van der Waals surface area contributed by atoms with Crippen LogP contribution in [0, 0.1) is 0 Å². The van der Waals surface area contributed by atoms with Crippen molar-refractivity contribution in [2.24, 2.45) is 0 Å². The number of hydrogen-bond donors (Lipinski definition) is 0. The molecule has 0 spiro atoms. The summed E-state index contributed by atoms with van der Waals surface area (Å²) in [5.41, 5.74) is 1.09. The van der Waals surface area contributed by atoms with E-state index < -0.39 is 0 Å². The fraction of sp³-hybridized carbons (Fsp3) is 0.571. The van der Waals surface area contributed by atoms with E-state index in [9.17, 15) is 0 Å². The molecule has 0 saturated carbocycles. The van der Waals surface area contributed by atoms with Gasteiger partial charge in [-0.05, 0) is 32.8 Å². The molecule has 0 aliphatic carbocycles. The molecule has 0 fully saturated rings. The summed E-state index contributed by atoms with van der Waals surface area (Å²) in [5, 5.41) is 0. The van der Waals surface area contributed by atoms with Gasteiger partial charge in [0.25, 0.3) is 0 Å². The Balaban J connectivity index is 2.30. The van der Waals surface area contributed by atoms with E-state index in [-0.39, 0.29) is 5.60 Å². The van der Waals surface area contributed by atoms with E-state index in [2.05, 4.69) is 26.0 Å². The van der Waals surface area contributed by atoms with Gasteiger partial charge in [0.05, 0.1) is 12.2 Å². The Bertz CT molecular complexity index is 280. The second-order valence-corrected chi connectivity index (χ2v) is 4.48. The maximum atomic E-state index is 5.88. The molecule has 0 bridgehead atoms. The molecule has 0 unspecified atom stereocenters. The normalized spacial score (nSPS) is 11.7. The molecule has 1 aromatic carbocycles. The minimum Gasteiger partial charge on any atom is -0.382 e. The van der Waals surface area contributed by atoms with Crippen molar-refractivity contribution in [2.45, 2.75) is 39.4 Å². The summed E-state index contributed by atoms with van der Waals surface area (Å²) < 4.78 is 11.2. The average molecular weight is 222 g/mol. The Kier molecular flexibility index (Phi) is 5.50. The molecule has 0 heterocycles. The number of benzene rings is 1. The highest BCUT2D eigenvalue weighted by molar-refractivity contribution is 5.13. The summed E-state index contributed by atoms with van der Waals surface area (Å²) in [5.74, 6) is 0. The second kappa shape index (κ2) is 6.66. The van der Waals surface area contributed by atoms with E-state index in [1.807, 2.05) is 25.1 Å². The van der Waals surface area contributed by atoms with Crippen LogP contribution in [0.2, 0.25) is 0 Å². The first-order chi connectivity index (χ1) is 7.64. The molecular weight excluding hydrogens is 200 g/mol. The van der Waals surface area contributed by atoms with Crippen molar-refractivity contribution in [1.29, 1.82) is 0 Å². The molecule has 1 aromatic rings. The lowest BCUT2D eigenvalue weighted by Crippen LogP contribution is -2.26. The van der Waals surface area contributed by atoms with Crippen molar-refractivity contribution in [2.75, 3.05) is 13.2 Å². The van der Waals surface area contributed by atoms with Gasteiger partial charge in [-0.3, -0.25) is 0 Å². The van der Waals surface area contributed by atoms with Gasteiger partial charge in [0.1, 0.15) is 0 Å². The first-order valence-electron chi connectivity index (χ1n) is 5.90. The van der Waals surface area contributed by atoms with Crippen LogP contribution >= 0.6 is 0 Å². The lowest BCUT2D eigenvalue weighted by molar-refractivity contribution is -0.0499. The molecule has 0 atom stereocenters. The monoisotopic (exact) mass is 222 g/mol.